The van der Waals surface area contributed by atoms with Gasteiger partial charge in [0.2, 0.25) is 0 Å². The summed E-state index contributed by atoms with van der Waals surface area (Å²) in [6, 6.07) is 10.6. The van der Waals surface area contributed by atoms with Crippen molar-refractivity contribution in [3.63, 3.8) is 0 Å². The van der Waals surface area contributed by atoms with Crippen molar-refractivity contribution in [2.24, 2.45) is 0 Å². The first-order valence-electron chi connectivity index (χ1n) is 6.79. The minimum atomic E-state index is 0.0735. The first kappa shape index (κ1) is 11.9. The van der Waals surface area contributed by atoms with Crippen LogP contribution < -0.4 is 5.32 Å². The van der Waals surface area contributed by atoms with Gasteiger partial charge in [0, 0.05) is 44.6 Å². The summed E-state index contributed by atoms with van der Waals surface area (Å²) in [7, 11) is 0. The second-order valence-electron chi connectivity index (χ2n) is 5.62. The number of hydrogen-bond donors (Lipinski definition) is 1. The van der Waals surface area contributed by atoms with Crippen molar-refractivity contribution in [2.75, 3.05) is 19.6 Å². The number of benzene rings is 1. The highest BCUT2D eigenvalue weighted by molar-refractivity contribution is 5.80. The average Bonchev–Trinajstić information content (AvgIpc) is 2.73. The fourth-order valence-corrected chi connectivity index (χ4v) is 3.22. The molecule has 18 heavy (non-hydrogen) atoms. The van der Waals surface area contributed by atoms with E-state index in [1.807, 2.05) is 0 Å². The van der Waals surface area contributed by atoms with Gasteiger partial charge >= 0.3 is 0 Å². The Kier molecular flexibility index (Phi) is 3.18. The molecule has 1 aromatic carbocycles. The van der Waals surface area contributed by atoms with Crippen molar-refractivity contribution >= 4 is 5.78 Å². The molecule has 1 N–H and O–H groups in total. The van der Waals surface area contributed by atoms with E-state index < -0.39 is 0 Å². The smallest absolute Gasteiger partial charge is 0.136 e. The van der Waals surface area contributed by atoms with Gasteiger partial charge < -0.3 is 5.32 Å². The summed E-state index contributed by atoms with van der Waals surface area (Å²) >= 11 is 0. The summed E-state index contributed by atoms with van der Waals surface area (Å²) in [5, 5.41) is 3.58. The molecule has 0 saturated carbocycles. The van der Waals surface area contributed by atoms with Crippen LogP contribution in [-0.2, 0) is 11.3 Å². The van der Waals surface area contributed by atoms with Crippen LogP contribution in [0.4, 0.5) is 0 Å². The highest BCUT2D eigenvalue weighted by Gasteiger charge is 2.41. The van der Waals surface area contributed by atoms with E-state index in [-0.39, 0.29) is 5.54 Å². The minimum Gasteiger partial charge on any atom is -0.309 e. The van der Waals surface area contributed by atoms with E-state index >= 15 is 0 Å². The number of nitrogens with one attached hydrogen (secondary N) is 1. The van der Waals surface area contributed by atoms with Crippen LogP contribution >= 0.6 is 0 Å². The second kappa shape index (κ2) is 4.82. The second-order valence-corrected chi connectivity index (χ2v) is 5.62. The molecule has 1 spiro atoms. The molecule has 96 valence electrons. The van der Waals surface area contributed by atoms with Crippen molar-refractivity contribution in [1.29, 1.82) is 0 Å². The van der Waals surface area contributed by atoms with E-state index in [4.69, 9.17) is 0 Å². The Morgan fingerprint density at radius 3 is 2.89 bits per heavy atom. The molecule has 0 aromatic heterocycles. The minimum absolute atomic E-state index is 0.0735. The van der Waals surface area contributed by atoms with Crippen molar-refractivity contribution in [2.45, 2.75) is 31.3 Å². The zero-order valence-electron chi connectivity index (χ0n) is 10.7. The standard InChI is InChI=1S/C15H20N2O/c18-14-6-8-16-15(10-14)7-9-17(12-15)11-13-4-2-1-3-5-13/h1-5,16H,6-12H2. The van der Waals surface area contributed by atoms with Crippen molar-refractivity contribution in [3.8, 4) is 0 Å². The van der Waals surface area contributed by atoms with Gasteiger partial charge in [0.15, 0.2) is 0 Å². The molecule has 2 heterocycles. The number of likely N-dealkylation sites (tertiary alicyclic amines) is 1. The monoisotopic (exact) mass is 244 g/mol. The average molecular weight is 244 g/mol. The summed E-state index contributed by atoms with van der Waals surface area (Å²) in [4.78, 5) is 14.1. The molecule has 3 heteroatoms. The molecule has 1 aromatic rings. The maximum Gasteiger partial charge on any atom is 0.136 e. The summed E-state index contributed by atoms with van der Waals surface area (Å²) in [5.74, 6) is 0.426. The lowest BCUT2D eigenvalue weighted by molar-refractivity contribution is -0.122. The molecule has 2 saturated heterocycles. The van der Waals surface area contributed by atoms with Crippen LogP contribution in [-0.4, -0.2) is 35.9 Å². The first-order valence-corrected chi connectivity index (χ1v) is 6.79. The number of rotatable bonds is 2. The number of nitrogens with zero attached hydrogens (tertiary/aromatic N) is 1. The van der Waals surface area contributed by atoms with Crippen LogP contribution in [0.5, 0.6) is 0 Å². The predicted molar refractivity (Wildman–Crippen MR) is 71.3 cm³/mol. The Morgan fingerprint density at radius 1 is 1.28 bits per heavy atom. The van der Waals surface area contributed by atoms with Crippen LogP contribution in [0.25, 0.3) is 0 Å². The normalized spacial score (nSPS) is 29.0. The van der Waals surface area contributed by atoms with Gasteiger partial charge in [-0.15, -0.1) is 0 Å². The number of hydrogen-bond acceptors (Lipinski definition) is 3. The molecular formula is C15H20N2O. The molecule has 0 radical (unpaired) electrons. The van der Waals surface area contributed by atoms with E-state index in [2.05, 4.69) is 40.5 Å². The van der Waals surface area contributed by atoms with Gasteiger partial charge in [-0.05, 0) is 12.0 Å². The van der Waals surface area contributed by atoms with E-state index in [1.54, 1.807) is 0 Å². The highest BCUT2D eigenvalue weighted by Crippen LogP contribution is 2.29. The summed E-state index contributed by atoms with van der Waals surface area (Å²) in [6.45, 7) is 3.96. The van der Waals surface area contributed by atoms with Crippen LogP contribution in [0.2, 0.25) is 0 Å². The lowest BCUT2D eigenvalue weighted by atomic mass is 9.87. The lowest BCUT2D eigenvalue weighted by Crippen LogP contribution is -2.53. The molecule has 1 unspecified atom stereocenters. The summed E-state index contributed by atoms with van der Waals surface area (Å²) in [5.41, 5.74) is 1.43. The third-order valence-electron chi connectivity index (χ3n) is 4.12. The number of carbonyl (C=O) groups excluding carboxylic acids is 1. The zero-order valence-corrected chi connectivity index (χ0v) is 10.7. The number of carbonyl (C=O) groups is 1. The molecule has 2 aliphatic rings. The maximum atomic E-state index is 11.6. The van der Waals surface area contributed by atoms with E-state index in [0.717, 1.165) is 39.0 Å². The Bertz CT molecular complexity index is 431. The highest BCUT2D eigenvalue weighted by atomic mass is 16.1. The molecule has 2 aliphatic heterocycles. The van der Waals surface area contributed by atoms with Gasteiger partial charge in [-0.25, -0.2) is 0 Å². The van der Waals surface area contributed by atoms with Gasteiger partial charge in [0.25, 0.3) is 0 Å². The van der Waals surface area contributed by atoms with E-state index in [1.165, 1.54) is 5.56 Å². The molecule has 0 amide bonds. The quantitative estimate of drug-likeness (QED) is 0.857. The first-order chi connectivity index (χ1) is 8.76. The van der Waals surface area contributed by atoms with E-state index in [0.29, 0.717) is 12.2 Å². The zero-order chi connectivity index (χ0) is 12.4. The van der Waals surface area contributed by atoms with Crippen LogP contribution in [0.1, 0.15) is 24.8 Å². The van der Waals surface area contributed by atoms with Crippen LogP contribution in [0.15, 0.2) is 30.3 Å². The predicted octanol–water partition coefficient (Wildman–Crippen LogP) is 1.58. The Balaban J connectivity index is 1.63. The maximum absolute atomic E-state index is 11.6. The van der Waals surface area contributed by atoms with Gasteiger partial charge in [-0.3, -0.25) is 9.69 Å². The summed E-state index contributed by atoms with van der Waals surface area (Å²) in [6.07, 6.45) is 2.53. The Hall–Kier alpha value is -1.19. The largest absolute Gasteiger partial charge is 0.309 e. The molecule has 1 atom stereocenters. The lowest BCUT2D eigenvalue weighted by Gasteiger charge is -2.34. The van der Waals surface area contributed by atoms with E-state index in [9.17, 15) is 4.79 Å². The number of ketones is 1. The molecule has 3 rings (SSSR count). The third-order valence-corrected chi connectivity index (χ3v) is 4.12. The van der Waals surface area contributed by atoms with Crippen molar-refractivity contribution in [3.05, 3.63) is 35.9 Å². The molecule has 3 nitrogen and oxygen atoms in total. The fourth-order valence-electron chi connectivity index (χ4n) is 3.22. The molecular weight excluding hydrogens is 224 g/mol. The number of piperidine rings is 1. The van der Waals surface area contributed by atoms with Crippen molar-refractivity contribution < 1.29 is 4.79 Å². The van der Waals surface area contributed by atoms with Gasteiger partial charge in [0.05, 0.1) is 0 Å². The molecule has 0 aliphatic carbocycles. The summed E-state index contributed by atoms with van der Waals surface area (Å²) < 4.78 is 0. The van der Waals surface area contributed by atoms with Gasteiger partial charge in [-0.2, -0.15) is 0 Å². The van der Waals surface area contributed by atoms with Crippen LogP contribution in [0, 0.1) is 0 Å². The fraction of sp³-hybridized carbons (Fsp3) is 0.533. The number of Topliss-reactive ketones (excluding diaryl/α,β-unsaturated/α-hetero) is 1. The van der Waals surface area contributed by atoms with Gasteiger partial charge in [0.1, 0.15) is 5.78 Å². The Morgan fingerprint density at radius 2 is 2.11 bits per heavy atom. The third kappa shape index (κ3) is 2.47. The molecule has 2 fully saturated rings. The SMILES string of the molecule is O=C1CCNC2(CCN(Cc3ccccc3)C2)C1. The molecule has 0 bridgehead atoms. The van der Waals surface area contributed by atoms with Crippen LogP contribution in [0.3, 0.4) is 0 Å². The van der Waals surface area contributed by atoms with Gasteiger partial charge in [-0.1, -0.05) is 30.3 Å². The Labute approximate surface area is 108 Å². The topological polar surface area (TPSA) is 32.3 Å². The van der Waals surface area contributed by atoms with Crippen molar-refractivity contribution in [1.82, 2.24) is 10.2 Å².